The second-order valence-corrected chi connectivity index (χ2v) is 9.27. The van der Waals surface area contributed by atoms with E-state index in [0.717, 1.165) is 13.1 Å². The van der Waals surface area contributed by atoms with Gasteiger partial charge in [-0.2, -0.15) is 0 Å². The van der Waals surface area contributed by atoms with E-state index in [1.54, 1.807) is 4.57 Å². The Balaban J connectivity index is 1.24. The van der Waals surface area contributed by atoms with Gasteiger partial charge in [-0.3, -0.25) is 19.1 Å². The first-order valence-corrected chi connectivity index (χ1v) is 11.1. The van der Waals surface area contributed by atoms with Crippen molar-refractivity contribution in [3.05, 3.63) is 34.0 Å². The van der Waals surface area contributed by atoms with Crippen molar-refractivity contribution in [2.75, 3.05) is 32.7 Å². The molecular formula is C22H28FN5O3. The van der Waals surface area contributed by atoms with E-state index < -0.39 is 11.7 Å². The second kappa shape index (κ2) is 7.78. The van der Waals surface area contributed by atoms with Crippen molar-refractivity contribution >= 4 is 22.8 Å². The zero-order valence-electron chi connectivity index (χ0n) is 17.5. The molecule has 8 nitrogen and oxygen atoms in total. The molecule has 3 fully saturated rings. The molecule has 2 atom stereocenters. The molecule has 2 aliphatic heterocycles. The number of likely N-dealkylation sites (tertiary alicyclic amines) is 2. The summed E-state index contributed by atoms with van der Waals surface area (Å²) in [5, 5.41) is 0. The first-order valence-electron chi connectivity index (χ1n) is 11.1. The van der Waals surface area contributed by atoms with Gasteiger partial charge in [0.05, 0.1) is 23.1 Å². The maximum atomic E-state index is 14.3. The predicted octanol–water partition coefficient (Wildman–Crippen LogP) is 1.46. The number of benzene rings is 1. The van der Waals surface area contributed by atoms with Gasteiger partial charge in [-0.15, -0.1) is 0 Å². The molecule has 2 saturated heterocycles. The summed E-state index contributed by atoms with van der Waals surface area (Å²) in [5.41, 5.74) is 5.48. The number of primary amides is 1. The predicted molar refractivity (Wildman–Crippen MR) is 113 cm³/mol. The lowest BCUT2D eigenvalue weighted by Gasteiger charge is -2.33. The van der Waals surface area contributed by atoms with E-state index >= 15 is 0 Å². The molecule has 0 spiro atoms. The minimum atomic E-state index is -0.868. The molecule has 3 heterocycles. The number of halogens is 1. The molecule has 3 N–H and O–H groups in total. The molecule has 0 bridgehead atoms. The average Bonchev–Trinajstić information content (AvgIpc) is 3.40. The van der Waals surface area contributed by atoms with Gasteiger partial charge in [0.15, 0.2) is 0 Å². The topological polar surface area (TPSA) is 104 Å². The van der Waals surface area contributed by atoms with Crippen molar-refractivity contribution in [2.45, 2.75) is 38.1 Å². The number of amides is 2. The summed E-state index contributed by atoms with van der Waals surface area (Å²) in [5.74, 6) is -0.00486. The number of nitrogens with one attached hydrogen (secondary N) is 1. The standard InChI is InChI=1S/C22H28FN5O3/c23-17-9-19-18(8-16(17)21(24)30)25-22(31)28(19)15-4-6-26(7-5-15)12-20(29)27-10-13-2-1-3-14(13)11-27/h8-9,13-15H,1-7,10-12H2,(H2,24,30)(H,25,31)/t13-,14+. The minimum Gasteiger partial charge on any atom is -0.366 e. The van der Waals surface area contributed by atoms with E-state index in [2.05, 4.69) is 9.88 Å². The van der Waals surface area contributed by atoms with Crippen molar-refractivity contribution in [2.24, 2.45) is 17.6 Å². The third kappa shape index (κ3) is 3.64. The normalized spacial score (nSPS) is 24.7. The van der Waals surface area contributed by atoms with E-state index in [0.29, 0.717) is 55.3 Å². The first kappa shape index (κ1) is 20.2. The van der Waals surface area contributed by atoms with Crippen molar-refractivity contribution in [1.29, 1.82) is 0 Å². The minimum absolute atomic E-state index is 0.0856. The van der Waals surface area contributed by atoms with Crippen LogP contribution in [-0.2, 0) is 4.79 Å². The number of carbonyl (C=O) groups excluding carboxylic acids is 2. The number of fused-ring (bicyclic) bond motifs is 2. The number of rotatable bonds is 4. The van der Waals surface area contributed by atoms with E-state index in [4.69, 9.17) is 5.73 Å². The van der Waals surface area contributed by atoms with Crippen LogP contribution >= 0.6 is 0 Å². The number of aromatic nitrogens is 2. The number of carbonyl (C=O) groups is 2. The molecule has 0 radical (unpaired) electrons. The summed E-state index contributed by atoms with van der Waals surface area (Å²) < 4.78 is 15.9. The van der Waals surface area contributed by atoms with Crippen molar-refractivity contribution in [3.63, 3.8) is 0 Å². The van der Waals surface area contributed by atoms with Crippen molar-refractivity contribution < 1.29 is 14.0 Å². The molecule has 2 aromatic rings. The zero-order valence-corrected chi connectivity index (χ0v) is 17.5. The number of aromatic amines is 1. The smallest absolute Gasteiger partial charge is 0.326 e. The van der Waals surface area contributed by atoms with Crippen LogP contribution in [0.25, 0.3) is 11.0 Å². The van der Waals surface area contributed by atoms with Gasteiger partial charge in [-0.1, -0.05) is 6.42 Å². The van der Waals surface area contributed by atoms with Crippen LogP contribution in [0.4, 0.5) is 4.39 Å². The summed E-state index contributed by atoms with van der Waals surface area (Å²) >= 11 is 0. The summed E-state index contributed by atoms with van der Waals surface area (Å²) in [6.07, 6.45) is 5.20. The third-order valence-electron chi connectivity index (χ3n) is 7.43. The fraction of sp³-hybridized carbons (Fsp3) is 0.591. The highest BCUT2D eigenvalue weighted by Crippen LogP contribution is 2.37. The maximum absolute atomic E-state index is 14.3. The van der Waals surface area contributed by atoms with Crippen LogP contribution in [0.3, 0.4) is 0 Å². The molecule has 2 amide bonds. The monoisotopic (exact) mass is 429 g/mol. The Morgan fingerprint density at radius 3 is 2.42 bits per heavy atom. The van der Waals surface area contributed by atoms with Crippen molar-refractivity contribution in [3.8, 4) is 0 Å². The van der Waals surface area contributed by atoms with E-state index in [9.17, 15) is 18.8 Å². The van der Waals surface area contributed by atoms with Gasteiger partial charge in [-0.25, -0.2) is 9.18 Å². The van der Waals surface area contributed by atoms with Crippen LogP contribution in [0.5, 0.6) is 0 Å². The number of nitrogens with zero attached hydrogens (tertiary/aromatic N) is 3. The zero-order chi connectivity index (χ0) is 21.7. The number of hydrogen-bond acceptors (Lipinski definition) is 4. The molecule has 1 aromatic carbocycles. The van der Waals surface area contributed by atoms with Gasteiger partial charge in [0, 0.05) is 38.3 Å². The average molecular weight is 429 g/mol. The largest absolute Gasteiger partial charge is 0.366 e. The third-order valence-corrected chi connectivity index (χ3v) is 7.43. The highest BCUT2D eigenvalue weighted by Gasteiger charge is 2.38. The van der Waals surface area contributed by atoms with Crippen LogP contribution < -0.4 is 11.4 Å². The number of H-pyrrole nitrogens is 1. The van der Waals surface area contributed by atoms with Gasteiger partial charge in [-0.05, 0) is 43.6 Å². The van der Waals surface area contributed by atoms with E-state index in [-0.39, 0.29) is 23.2 Å². The summed E-state index contributed by atoms with van der Waals surface area (Å²) in [6.45, 7) is 3.65. The fourth-order valence-electron chi connectivity index (χ4n) is 5.76. The van der Waals surface area contributed by atoms with Gasteiger partial charge < -0.3 is 15.6 Å². The lowest BCUT2D eigenvalue weighted by molar-refractivity contribution is -0.132. The van der Waals surface area contributed by atoms with Crippen LogP contribution in [0.15, 0.2) is 16.9 Å². The second-order valence-electron chi connectivity index (χ2n) is 9.27. The molecule has 5 rings (SSSR count). The number of imidazole rings is 1. The van der Waals surface area contributed by atoms with Crippen LogP contribution in [0.1, 0.15) is 48.5 Å². The Hall–Kier alpha value is -2.68. The lowest BCUT2D eigenvalue weighted by Crippen LogP contribution is -2.44. The van der Waals surface area contributed by atoms with E-state index in [1.807, 2.05) is 4.90 Å². The van der Waals surface area contributed by atoms with Crippen molar-refractivity contribution in [1.82, 2.24) is 19.4 Å². The van der Waals surface area contributed by atoms with Crippen LogP contribution in [0.2, 0.25) is 0 Å². The Bertz CT molecular complexity index is 1070. The summed E-state index contributed by atoms with van der Waals surface area (Å²) in [6, 6.07) is 2.41. The maximum Gasteiger partial charge on any atom is 0.326 e. The first-order chi connectivity index (χ1) is 14.9. The fourth-order valence-corrected chi connectivity index (χ4v) is 5.76. The Morgan fingerprint density at radius 2 is 1.77 bits per heavy atom. The quantitative estimate of drug-likeness (QED) is 0.768. The molecule has 3 aliphatic rings. The Labute approximate surface area is 179 Å². The number of hydrogen-bond donors (Lipinski definition) is 2. The van der Waals surface area contributed by atoms with Crippen LogP contribution in [-0.4, -0.2) is 63.9 Å². The molecule has 166 valence electrons. The SMILES string of the molecule is NC(=O)c1cc2[nH]c(=O)n(C3CCN(CC(=O)N4C[C@H]5CCC[C@H]5C4)CC3)c2cc1F. The lowest BCUT2D eigenvalue weighted by atomic mass is 10.0. The molecule has 9 heteroatoms. The molecule has 0 unspecified atom stereocenters. The highest BCUT2D eigenvalue weighted by atomic mass is 19.1. The summed E-state index contributed by atoms with van der Waals surface area (Å²) in [7, 11) is 0. The molecule has 1 aromatic heterocycles. The number of piperidine rings is 1. The van der Waals surface area contributed by atoms with E-state index in [1.165, 1.54) is 31.4 Å². The summed E-state index contributed by atoms with van der Waals surface area (Å²) in [4.78, 5) is 43.6. The number of nitrogens with two attached hydrogens (primary N) is 1. The molecule has 1 saturated carbocycles. The van der Waals surface area contributed by atoms with Gasteiger partial charge in [0.1, 0.15) is 5.82 Å². The molecule has 1 aliphatic carbocycles. The molecular weight excluding hydrogens is 401 g/mol. The van der Waals surface area contributed by atoms with Gasteiger partial charge in [0.25, 0.3) is 5.91 Å². The Morgan fingerprint density at radius 1 is 1.10 bits per heavy atom. The van der Waals surface area contributed by atoms with Gasteiger partial charge >= 0.3 is 5.69 Å². The highest BCUT2D eigenvalue weighted by molar-refractivity contribution is 5.96. The molecule has 31 heavy (non-hydrogen) atoms. The van der Waals surface area contributed by atoms with Crippen LogP contribution in [0, 0.1) is 17.7 Å². The van der Waals surface area contributed by atoms with Gasteiger partial charge in [0.2, 0.25) is 5.91 Å². The Kier molecular flexibility index (Phi) is 5.08.